The number of nitro groups is 1. The molecule has 0 saturated heterocycles. The lowest BCUT2D eigenvalue weighted by Crippen LogP contribution is -2.41. The first-order valence-corrected chi connectivity index (χ1v) is 7.50. The molecule has 1 saturated carbocycles. The van der Waals surface area contributed by atoms with Crippen molar-refractivity contribution in [3.05, 3.63) is 34.1 Å². The third-order valence-corrected chi connectivity index (χ3v) is 4.67. The summed E-state index contributed by atoms with van der Waals surface area (Å²) in [4.78, 5) is 9.23. The zero-order valence-corrected chi connectivity index (χ0v) is 11.3. The van der Waals surface area contributed by atoms with Gasteiger partial charge in [0.25, 0.3) is 0 Å². The van der Waals surface area contributed by atoms with Gasteiger partial charge in [-0.25, -0.2) is 13.1 Å². The van der Waals surface area contributed by atoms with Crippen LogP contribution in [0.1, 0.15) is 12.8 Å². The molecule has 0 aliphatic heterocycles. The molecule has 20 heavy (non-hydrogen) atoms. The Hall–Kier alpha value is -1.58. The molecule has 110 valence electrons. The number of rotatable bonds is 6. The SMILES string of the molecule is NCC(NS(=O)(=O)c1ccc([N+](=O)[O-])c(F)c1)C1CC1. The van der Waals surface area contributed by atoms with Crippen LogP contribution in [0.3, 0.4) is 0 Å². The number of nitrogens with zero attached hydrogens (tertiary/aromatic N) is 1. The van der Waals surface area contributed by atoms with Crippen molar-refractivity contribution in [1.29, 1.82) is 0 Å². The highest BCUT2D eigenvalue weighted by molar-refractivity contribution is 7.89. The Morgan fingerprint density at radius 2 is 2.15 bits per heavy atom. The van der Waals surface area contributed by atoms with Gasteiger partial charge in [-0.2, -0.15) is 4.39 Å². The molecular formula is C11H14FN3O4S. The average molecular weight is 303 g/mol. The topological polar surface area (TPSA) is 115 Å². The van der Waals surface area contributed by atoms with Gasteiger partial charge in [0.15, 0.2) is 0 Å². The van der Waals surface area contributed by atoms with Crippen LogP contribution >= 0.6 is 0 Å². The lowest BCUT2D eigenvalue weighted by molar-refractivity contribution is -0.387. The van der Waals surface area contributed by atoms with E-state index in [1.54, 1.807) is 0 Å². The van der Waals surface area contributed by atoms with Crippen LogP contribution in [-0.4, -0.2) is 25.9 Å². The lowest BCUT2D eigenvalue weighted by atomic mass is 10.2. The predicted molar refractivity (Wildman–Crippen MR) is 68.9 cm³/mol. The minimum Gasteiger partial charge on any atom is -0.329 e. The van der Waals surface area contributed by atoms with Crippen molar-refractivity contribution in [2.75, 3.05) is 6.54 Å². The van der Waals surface area contributed by atoms with E-state index in [1.807, 2.05) is 0 Å². The summed E-state index contributed by atoms with van der Waals surface area (Å²) in [5, 5.41) is 10.5. The van der Waals surface area contributed by atoms with Crippen molar-refractivity contribution in [2.45, 2.75) is 23.8 Å². The average Bonchev–Trinajstić information content (AvgIpc) is 3.19. The molecule has 3 N–H and O–H groups in total. The largest absolute Gasteiger partial charge is 0.329 e. The van der Waals surface area contributed by atoms with Crippen LogP contribution in [-0.2, 0) is 10.0 Å². The number of nitrogens with two attached hydrogens (primary N) is 1. The van der Waals surface area contributed by atoms with E-state index in [1.165, 1.54) is 0 Å². The number of nitro benzene ring substituents is 1. The third-order valence-electron chi connectivity index (χ3n) is 3.18. The molecule has 0 bridgehead atoms. The fourth-order valence-corrected chi connectivity index (χ4v) is 3.23. The summed E-state index contributed by atoms with van der Waals surface area (Å²) in [6, 6.07) is 2.09. The van der Waals surface area contributed by atoms with Crippen LogP contribution < -0.4 is 10.5 Å². The molecule has 9 heteroatoms. The molecule has 1 aliphatic carbocycles. The Kier molecular flexibility index (Phi) is 4.02. The van der Waals surface area contributed by atoms with Gasteiger partial charge in [0.1, 0.15) is 0 Å². The van der Waals surface area contributed by atoms with Gasteiger partial charge in [0.05, 0.1) is 9.82 Å². The molecule has 1 aromatic carbocycles. The molecule has 0 heterocycles. The van der Waals surface area contributed by atoms with E-state index in [9.17, 15) is 22.9 Å². The van der Waals surface area contributed by atoms with E-state index in [2.05, 4.69) is 4.72 Å². The summed E-state index contributed by atoms with van der Waals surface area (Å²) in [6.45, 7) is 0.152. The fraction of sp³-hybridized carbons (Fsp3) is 0.455. The van der Waals surface area contributed by atoms with E-state index in [4.69, 9.17) is 5.73 Å². The second-order valence-corrected chi connectivity index (χ2v) is 6.39. The van der Waals surface area contributed by atoms with Gasteiger partial charge < -0.3 is 5.73 Å². The quantitative estimate of drug-likeness (QED) is 0.594. The van der Waals surface area contributed by atoms with Crippen LogP contribution in [0.2, 0.25) is 0 Å². The Balaban J connectivity index is 2.25. The Bertz CT molecular complexity index is 631. The van der Waals surface area contributed by atoms with Gasteiger partial charge >= 0.3 is 5.69 Å². The van der Waals surface area contributed by atoms with Crippen molar-refractivity contribution in [3.63, 3.8) is 0 Å². The van der Waals surface area contributed by atoms with Crippen molar-refractivity contribution in [3.8, 4) is 0 Å². The van der Waals surface area contributed by atoms with Gasteiger partial charge in [0.2, 0.25) is 15.8 Å². The highest BCUT2D eigenvalue weighted by Crippen LogP contribution is 2.33. The molecule has 0 spiro atoms. The Morgan fingerprint density at radius 1 is 1.50 bits per heavy atom. The first kappa shape index (κ1) is 14.8. The zero-order chi connectivity index (χ0) is 14.9. The van der Waals surface area contributed by atoms with E-state index >= 15 is 0 Å². The molecule has 1 aromatic rings. The monoisotopic (exact) mass is 303 g/mol. The number of halogens is 1. The normalized spacial score (nSPS) is 16.9. The summed E-state index contributed by atoms with van der Waals surface area (Å²) < 4.78 is 40.0. The minimum absolute atomic E-state index is 0.152. The maximum Gasteiger partial charge on any atom is 0.304 e. The standard InChI is InChI=1S/C11H14FN3O4S/c12-9-5-8(3-4-11(9)15(16)17)20(18,19)14-10(6-13)7-1-2-7/h3-5,7,10,14H,1-2,6,13H2. The summed E-state index contributed by atoms with van der Waals surface area (Å²) in [6.07, 6.45) is 1.80. The molecule has 0 radical (unpaired) electrons. The van der Waals surface area contributed by atoms with E-state index < -0.39 is 32.5 Å². The van der Waals surface area contributed by atoms with Crippen LogP contribution in [0.25, 0.3) is 0 Å². The molecule has 2 rings (SSSR count). The molecule has 1 unspecified atom stereocenters. The summed E-state index contributed by atoms with van der Waals surface area (Å²) in [7, 11) is -3.93. The highest BCUT2D eigenvalue weighted by atomic mass is 32.2. The van der Waals surface area contributed by atoms with Crippen molar-refractivity contribution in [1.82, 2.24) is 4.72 Å². The second-order valence-electron chi connectivity index (χ2n) is 4.67. The lowest BCUT2D eigenvalue weighted by Gasteiger charge is -2.16. The molecular weight excluding hydrogens is 289 g/mol. The van der Waals surface area contributed by atoms with E-state index in [-0.39, 0.29) is 17.4 Å². The van der Waals surface area contributed by atoms with Crippen molar-refractivity contribution < 1.29 is 17.7 Å². The third kappa shape index (κ3) is 3.11. The number of benzene rings is 1. The molecule has 0 aromatic heterocycles. The van der Waals surface area contributed by atoms with Gasteiger partial charge in [0, 0.05) is 24.7 Å². The first-order chi connectivity index (χ1) is 9.35. The first-order valence-electron chi connectivity index (χ1n) is 6.01. The summed E-state index contributed by atoms with van der Waals surface area (Å²) in [5.74, 6) is -0.980. The molecule has 7 nitrogen and oxygen atoms in total. The minimum atomic E-state index is -3.93. The molecule has 1 aliphatic rings. The second kappa shape index (κ2) is 5.43. The van der Waals surface area contributed by atoms with Crippen LogP contribution in [0.4, 0.5) is 10.1 Å². The zero-order valence-electron chi connectivity index (χ0n) is 10.5. The molecule has 0 amide bonds. The fourth-order valence-electron chi connectivity index (χ4n) is 1.91. The molecule has 1 fully saturated rings. The van der Waals surface area contributed by atoms with Crippen molar-refractivity contribution >= 4 is 15.7 Å². The Labute approximate surface area is 115 Å². The Morgan fingerprint density at radius 3 is 2.60 bits per heavy atom. The maximum absolute atomic E-state index is 13.5. The van der Waals surface area contributed by atoms with E-state index in [0.29, 0.717) is 6.07 Å². The van der Waals surface area contributed by atoms with Crippen molar-refractivity contribution in [2.24, 2.45) is 11.7 Å². The maximum atomic E-state index is 13.5. The van der Waals surface area contributed by atoms with Gasteiger partial charge in [-0.05, 0) is 24.8 Å². The van der Waals surface area contributed by atoms with Gasteiger partial charge in [-0.3, -0.25) is 10.1 Å². The predicted octanol–water partition coefficient (Wildman–Crippen LogP) is 0.750. The number of hydrogen-bond acceptors (Lipinski definition) is 5. The smallest absolute Gasteiger partial charge is 0.304 e. The van der Waals surface area contributed by atoms with Gasteiger partial charge in [-0.15, -0.1) is 0 Å². The van der Waals surface area contributed by atoms with Gasteiger partial charge in [-0.1, -0.05) is 0 Å². The summed E-state index contributed by atoms with van der Waals surface area (Å²) >= 11 is 0. The summed E-state index contributed by atoms with van der Waals surface area (Å²) in [5.41, 5.74) is 4.74. The molecule has 1 atom stereocenters. The number of nitrogens with one attached hydrogen (secondary N) is 1. The van der Waals surface area contributed by atoms with E-state index in [0.717, 1.165) is 25.0 Å². The number of sulfonamides is 1. The van der Waals surface area contributed by atoms with Crippen LogP contribution in [0.5, 0.6) is 0 Å². The van der Waals surface area contributed by atoms with Crippen LogP contribution in [0.15, 0.2) is 23.1 Å². The highest BCUT2D eigenvalue weighted by Gasteiger charge is 2.33. The van der Waals surface area contributed by atoms with Crippen LogP contribution in [0, 0.1) is 21.8 Å². The number of hydrogen-bond donors (Lipinski definition) is 2.